The maximum absolute atomic E-state index is 11.3. The molecule has 1 saturated heterocycles. The van der Waals surface area contributed by atoms with Crippen molar-refractivity contribution in [3.05, 3.63) is 0 Å². The lowest BCUT2D eigenvalue weighted by Crippen LogP contribution is -2.20. The summed E-state index contributed by atoms with van der Waals surface area (Å²) in [5.41, 5.74) is -0.576. The van der Waals surface area contributed by atoms with E-state index in [1.165, 1.54) is 0 Å². The zero-order valence-electron chi connectivity index (χ0n) is 9.03. The lowest BCUT2D eigenvalue weighted by atomic mass is 9.85. The molecule has 0 saturated carbocycles. The van der Waals surface area contributed by atoms with Gasteiger partial charge in [-0.3, -0.25) is 0 Å². The Morgan fingerprint density at radius 2 is 2.27 bits per heavy atom. The van der Waals surface area contributed by atoms with Crippen LogP contribution in [0.3, 0.4) is 0 Å². The van der Waals surface area contributed by atoms with Gasteiger partial charge in [-0.2, -0.15) is 17.0 Å². The van der Waals surface area contributed by atoms with Crippen LogP contribution >= 0.6 is 11.8 Å². The Morgan fingerprint density at radius 1 is 1.53 bits per heavy atom. The standard InChI is InChI=1S/C10H17NO2S2/c1-2-14-6-3-4-10(8-11)5-7-15(12,13)9-10/h2-7,9H2,1H3. The molecule has 1 atom stereocenters. The summed E-state index contributed by atoms with van der Waals surface area (Å²) in [5.74, 6) is 2.38. The molecular weight excluding hydrogens is 230 g/mol. The minimum atomic E-state index is -2.94. The maximum atomic E-state index is 11.3. The second-order valence-corrected chi connectivity index (χ2v) is 7.61. The monoisotopic (exact) mass is 247 g/mol. The SMILES string of the molecule is CCSCCCC1(C#N)CCS(=O)(=O)C1. The Kier molecular flexibility index (Phi) is 4.47. The van der Waals surface area contributed by atoms with Gasteiger partial charge in [-0.15, -0.1) is 0 Å². The topological polar surface area (TPSA) is 57.9 Å². The van der Waals surface area contributed by atoms with Crippen molar-refractivity contribution >= 4 is 21.6 Å². The third-order valence-corrected chi connectivity index (χ3v) is 5.58. The van der Waals surface area contributed by atoms with E-state index in [2.05, 4.69) is 13.0 Å². The van der Waals surface area contributed by atoms with Gasteiger partial charge in [0.2, 0.25) is 0 Å². The first-order valence-electron chi connectivity index (χ1n) is 5.23. The Bertz CT molecular complexity index is 345. The van der Waals surface area contributed by atoms with Gasteiger partial charge in [0.1, 0.15) is 0 Å². The van der Waals surface area contributed by atoms with E-state index in [1.807, 2.05) is 11.8 Å². The predicted octanol–water partition coefficient (Wildman–Crippen LogP) is 1.85. The number of rotatable bonds is 5. The van der Waals surface area contributed by atoms with Gasteiger partial charge < -0.3 is 0 Å². The van der Waals surface area contributed by atoms with Gasteiger partial charge in [0, 0.05) is 0 Å². The Morgan fingerprint density at radius 3 is 2.73 bits per heavy atom. The van der Waals surface area contributed by atoms with Crippen molar-refractivity contribution < 1.29 is 8.42 Å². The van der Waals surface area contributed by atoms with E-state index in [0.29, 0.717) is 6.42 Å². The zero-order valence-corrected chi connectivity index (χ0v) is 10.7. The van der Waals surface area contributed by atoms with Gasteiger partial charge in [-0.1, -0.05) is 6.92 Å². The molecule has 15 heavy (non-hydrogen) atoms. The molecule has 1 rings (SSSR count). The molecule has 86 valence electrons. The zero-order chi connectivity index (χ0) is 11.4. The van der Waals surface area contributed by atoms with Gasteiger partial charge in [0.25, 0.3) is 0 Å². The van der Waals surface area contributed by atoms with Crippen molar-refractivity contribution in [2.24, 2.45) is 5.41 Å². The van der Waals surface area contributed by atoms with Crippen LogP contribution in [0.5, 0.6) is 0 Å². The van der Waals surface area contributed by atoms with E-state index < -0.39 is 15.3 Å². The highest BCUT2D eigenvalue weighted by Crippen LogP contribution is 2.36. The van der Waals surface area contributed by atoms with Crippen molar-refractivity contribution in [3.8, 4) is 6.07 Å². The van der Waals surface area contributed by atoms with E-state index in [-0.39, 0.29) is 11.5 Å². The summed E-state index contributed by atoms with van der Waals surface area (Å²) in [6, 6.07) is 2.22. The highest BCUT2D eigenvalue weighted by Gasteiger charge is 2.41. The predicted molar refractivity (Wildman–Crippen MR) is 63.5 cm³/mol. The molecule has 0 aromatic rings. The molecule has 1 unspecified atom stereocenters. The van der Waals surface area contributed by atoms with Crippen molar-refractivity contribution in [1.29, 1.82) is 5.26 Å². The van der Waals surface area contributed by atoms with Crippen LogP contribution < -0.4 is 0 Å². The van der Waals surface area contributed by atoms with Crippen LogP contribution in [0.2, 0.25) is 0 Å². The van der Waals surface area contributed by atoms with Crippen LogP contribution in [-0.2, 0) is 9.84 Å². The van der Waals surface area contributed by atoms with E-state index in [1.54, 1.807) is 0 Å². The van der Waals surface area contributed by atoms with Gasteiger partial charge in [0.05, 0.1) is 23.0 Å². The fraction of sp³-hybridized carbons (Fsp3) is 0.900. The molecule has 0 bridgehead atoms. The van der Waals surface area contributed by atoms with Crippen LogP contribution in [-0.4, -0.2) is 31.4 Å². The second kappa shape index (κ2) is 5.22. The number of hydrogen-bond acceptors (Lipinski definition) is 4. The fourth-order valence-electron chi connectivity index (χ4n) is 1.91. The summed E-state index contributed by atoms with van der Waals surface area (Å²) in [7, 11) is -2.94. The molecule has 0 N–H and O–H groups in total. The summed E-state index contributed by atoms with van der Waals surface area (Å²) >= 11 is 1.84. The summed E-state index contributed by atoms with van der Waals surface area (Å²) < 4.78 is 22.7. The summed E-state index contributed by atoms with van der Waals surface area (Å²) in [4.78, 5) is 0. The first-order valence-corrected chi connectivity index (χ1v) is 8.21. The summed E-state index contributed by atoms with van der Waals surface area (Å²) in [5, 5.41) is 9.08. The molecular formula is C10H17NO2S2. The number of nitriles is 1. The smallest absolute Gasteiger partial charge is 0.151 e. The normalized spacial score (nSPS) is 28.8. The highest BCUT2D eigenvalue weighted by molar-refractivity contribution is 7.99. The molecule has 5 heteroatoms. The summed E-state index contributed by atoms with van der Waals surface area (Å²) in [6.07, 6.45) is 2.21. The molecule has 0 amide bonds. The van der Waals surface area contributed by atoms with E-state index in [0.717, 1.165) is 24.3 Å². The molecule has 0 aromatic carbocycles. The van der Waals surface area contributed by atoms with Crippen LogP contribution in [0.4, 0.5) is 0 Å². The van der Waals surface area contributed by atoms with Crippen molar-refractivity contribution in [2.45, 2.75) is 26.2 Å². The van der Waals surface area contributed by atoms with Crippen molar-refractivity contribution in [3.63, 3.8) is 0 Å². The third-order valence-electron chi connectivity index (χ3n) is 2.77. The van der Waals surface area contributed by atoms with Crippen LogP contribution in [0.1, 0.15) is 26.2 Å². The van der Waals surface area contributed by atoms with Crippen LogP contribution in [0, 0.1) is 16.7 Å². The second-order valence-electron chi connectivity index (χ2n) is 4.03. The molecule has 0 radical (unpaired) electrons. The average molecular weight is 247 g/mol. The largest absolute Gasteiger partial charge is 0.229 e. The Balaban J connectivity index is 2.47. The molecule has 0 spiro atoms. The first-order chi connectivity index (χ1) is 7.04. The molecule has 1 aliphatic heterocycles. The van der Waals surface area contributed by atoms with Crippen molar-refractivity contribution in [1.82, 2.24) is 0 Å². The van der Waals surface area contributed by atoms with Gasteiger partial charge in [0.15, 0.2) is 9.84 Å². The minimum absolute atomic E-state index is 0.0767. The molecule has 3 nitrogen and oxygen atoms in total. The Hall–Kier alpha value is -0.210. The van der Waals surface area contributed by atoms with E-state index in [9.17, 15) is 8.42 Å². The van der Waals surface area contributed by atoms with Crippen LogP contribution in [0.25, 0.3) is 0 Å². The van der Waals surface area contributed by atoms with E-state index >= 15 is 0 Å². The third kappa shape index (κ3) is 3.69. The number of hydrogen-bond donors (Lipinski definition) is 0. The fourth-order valence-corrected chi connectivity index (χ4v) is 4.59. The minimum Gasteiger partial charge on any atom is -0.229 e. The number of sulfone groups is 1. The van der Waals surface area contributed by atoms with Gasteiger partial charge in [-0.05, 0) is 30.8 Å². The first kappa shape index (κ1) is 12.9. The average Bonchev–Trinajstić information content (AvgIpc) is 2.50. The molecule has 1 aliphatic rings. The maximum Gasteiger partial charge on any atom is 0.151 e. The van der Waals surface area contributed by atoms with Gasteiger partial charge in [-0.25, -0.2) is 8.42 Å². The lowest BCUT2D eigenvalue weighted by molar-refractivity contribution is 0.412. The quantitative estimate of drug-likeness (QED) is 0.696. The van der Waals surface area contributed by atoms with Gasteiger partial charge >= 0.3 is 0 Å². The molecule has 0 aliphatic carbocycles. The molecule has 0 aromatic heterocycles. The van der Waals surface area contributed by atoms with Crippen molar-refractivity contribution in [2.75, 3.05) is 23.0 Å². The molecule has 1 fully saturated rings. The summed E-state index contributed by atoms with van der Waals surface area (Å²) in [6.45, 7) is 2.10. The number of nitrogens with zero attached hydrogens (tertiary/aromatic N) is 1. The molecule has 1 heterocycles. The van der Waals surface area contributed by atoms with Crippen LogP contribution in [0.15, 0.2) is 0 Å². The van der Waals surface area contributed by atoms with E-state index in [4.69, 9.17) is 5.26 Å². The number of thioether (sulfide) groups is 1. The Labute approximate surface area is 96.2 Å². The highest BCUT2D eigenvalue weighted by atomic mass is 32.2. The lowest BCUT2D eigenvalue weighted by Gasteiger charge is -2.17.